The van der Waals surface area contributed by atoms with Crippen molar-refractivity contribution in [3.05, 3.63) is 17.0 Å². The Bertz CT molecular complexity index is 482. The van der Waals surface area contributed by atoms with Crippen molar-refractivity contribution < 1.29 is 22.7 Å². The van der Waals surface area contributed by atoms with E-state index >= 15 is 0 Å². The van der Waals surface area contributed by atoms with E-state index in [2.05, 4.69) is 10.4 Å². The summed E-state index contributed by atoms with van der Waals surface area (Å²) in [7, 11) is 0. The molecule has 1 aliphatic heterocycles. The van der Waals surface area contributed by atoms with Crippen molar-refractivity contribution in [3.63, 3.8) is 0 Å². The zero-order valence-electron chi connectivity index (χ0n) is 10.4. The first-order chi connectivity index (χ1) is 8.89. The third-order valence-corrected chi connectivity index (χ3v) is 2.86. The minimum Gasteiger partial charge on any atom is -0.376 e. The van der Waals surface area contributed by atoms with Gasteiger partial charge >= 0.3 is 6.18 Å². The highest BCUT2D eigenvalue weighted by atomic mass is 19.4. The minimum absolute atomic E-state index is 0.0652. The number of nitrogens with one attached hydrogen (secondary N) is 1. The second-order valence-corrected chi connectivity index (χ2v) is 4.28. The lowest BCUT2D eigenvalue weighted by atomic mass is 10.1. The standard InChI is InChI=1S/C11H14F3N3O2/c1-7(18)15-3-4-17-9-2-5-19-6-8(9)10(16-17)11(12,13)14/h2-6H2,1H3,(H,15,18). The quantitative estimate of drug-likeness (QED) is 0.900. The van der Waals surface area contributed by atoms with Crippen LogP contribution in [0.4, 0.5) is 13.2 Å². The summed E-state index contributed by atoms with van der Waals surface area (Å²) in [6.45, 7) is 2.15. The average molecular weight is 277 g/mol. The molecule has 0 fully saturated rings. The molecular weight excluding hydrogens is 263 g/mol. The van der Waals surface area contributed by atoms with Crippen molar-refractivity contribution in [2.45, 2.75) is 32.7 Å². The zero-order chi connectivity index (χ0) is 14.0. The predicted octanol–water partition coefficient (Wildman–Crippen LogP) is 1.11. The van der Waals surface area contributed by atoms with Gasteiger partial charge in [-0.3, -0.25) is 9.48 Å². The number of rotatable bonds is 3. The topological polar surface area (TPSA) is 56.2 Å². The highest BCUT2D eigenvalue weighted by molar-refractivity contribution is 5.72. The van der Waals surface area contributed by atoms with E-state index in [-0.39, 0.29) is 31.2 Å². The number of hydrogen-bond donors (Lipinski definition) is 1. The van der Waals surface area contributed by atoms with Crippen LogP contribution in [0.1, 0.15) is 23.9 Å². The summed E-state index contributed by atoms with van der Waals surface area (Å²) in [5.41, 5.74) is -0.226. The van der Waals surface area contributed by atoms with Crippen LogP contribution >= 0.6 is 0 Å². The van der Waals surface area contributed by atoms with E-state index < -0.39 is 11.9 Å². The van der Waals surface area contributed by atoms with Crippen LogP contribution in [0.3, 0.4) is 0 Å². The molecule has 1 aromatic rings. The van der Waals surface area contributed by atoms with Crippen molar-refractivity contribution >= 4 is 5.91 Å². The number of carbonyl (C=O) groups is 1. The first-order valence-corrected chi connectivity index (χ1v) is 5.87. The van der Waals surface area contributed by atoms with Crippen LogP contribution in [0.25, 0.3) is 0 Å². The maximum Gasteiger partial charge on any atom is 0.435 e. The SMILES string of the molecule is CC(=O)NCCn1nc(C(F)(F)F)c2c1CCOC2. The summed E-state index contributed by atoms with van der Waals surface area (Å²) < 4.78 is 44.9. The number of hydrogen-bond acceptors (Lipinski definition) is 3. The van der Waals surface area contributed by atoms with Gasteiger partial charge in [-0.05, 0) is 0 Å². The van der Waals surface area contributed by atoms with Crippen LogP contribution < -0.4 is 5.32 Å². The van der Waals surface area contributed by atoms with Crippen LogP contribution in [0.5, 0.6) is 0 Å². The normalized spacial score (nSPS) is 15.2. The van der Waals surface area contributed by atoms with Gasteiger partial charge in [0.15, 0.2) is 5.69 Å². The van der Waals surface area contributed by atoms with E-state index in [1.54, 1.807) is 0 Å². The highest BCUT2D eigenvalue weighted by Gasteiger charge is 2.39. The van der Waals surface area contributed by atoms with Gasteiger partial charge in [0.1, 0.15) is 0 Å². The Kier molecular flexibility index (Phi) is 3.79. The molecule has 0 unspecified atom stereocenters. The Balaban J connectivity index is 2.23. The maximum absolute atomic E-state index is 12.8. The van der Waals surface area contributed by atoms with Crippen LogP contribution in [-0.4, -0.2) is 28.8 Å². The van der Waals surface area contributed by atoms with Gasteiger partial charge in [0.2, 0.25) is 5.91 Å². The van der Waals surface area contributed by atoms with Gasteiger partial charge in [-0.1, -0.05) is 0 Å². The zero-order valence-corrected chi connectivity index (χ0v) is 10.4. The summed E-state index contributed by atoms with van der Waals surface area (Å²) in [6, 6.07) is 0. The molecule has 8 heteroatoms. The summed E-state index contributed by atoms with van der Waals surface area (Å²) in [4.78, 5) is 10.7. The molecule has 5 nitrogen and oxygen atoms in total. The minimum atomic E-state index is -4.48. The average Bonchev–Trinajstić information content (AvgIpc) is 2.68. The smallest absolute Gasteiger partial charge is 0.376 e. The second kappa shape index (κ2) is 5.20. The number of alkyl halides is 3. The monoisotopic (exact) mass is 277 g/mol. The van der Waals surface area contributed by atoms with E-state index in [4.69, 9.17) is 4.74 Å². The van der Waals surface area contributed by atoms with Crippen molar-refractivity contribution in [1.82, 2.24) is 15.1 Å². The Hall–Kier alpha value is -1.57. The summed E-state index contributed by atoms with van der Waals surface area (Å²) in [6.07, 6.45) is -4.08. The fraction of sp³-hybridized carbons (Fsp3) is 0.636. The first-order valence-electron chi connectivity index (χ1n) is 5.87. The van der Waals surface area contributed by atoms with Crippen molar-refractivity contribution in [2.24, 2.45) is 0 Å². The van der Waals surface area contributed by atoms with Gasteiger partial charge in [0, 0.05) is 31.1 Å². The number of amides is 1. The third kappa shape index (κ3) is 3.06. The Labute approximate surface area is 107 Å². The van der Waals surface area contributed by atoms with Gasteiger partial charge in [-0.15, -0.1) is 0 Å². The summed E-state index contributed by atoms with van der Waals surface area (Å²) in [5, 5.41) is 6.16. The Morgan fingerprint density at radius 3 is 2.89 bits per heavy atom. The molecule has 2 heterocycles. The van der Waals surface area contributed by atoms with E-state index in [1.807, 2.05) is 0 Å². The second-order valence-electron chi connectivity index (χ2n) is 4.28. The van der Waals surface area contributed by atoms with E-state index in [0.717, 1.165) is 0 Å². The maximum atomic E-state index is 12.8. The molecular formula is C11H14F3N3O2. The molecule has 0 aliphatic carbocycles. The predicted molar refractivity (Wildman–Crippen MR) is 59.3 cm³/mol. The number of fused-ring (bicyclic) bond motifs is 1. The van der Waals surface area contributed by atoms with Crippen LogP contribution in [0.2, 0.25) is 0 Å². The van der Waals surface area contributed by atoms with E-state index in [9.17, 15) is 18.0 Å². The molecule has 0 radical (unpaired) electrons. The number of carbonyl (C=O) groups excluding carboxylic acids is 1. The van der Waals surface area contributed by atoms with Gasteiger partial charge in [0.05, 0.1) is 19.8 Å². The molecule has 1 amide bonds. The lowest BCUT2D eigenvalue weighted by Gasteiger charge is -2.15. The summed E-state index contributed by atoms with van der Waals surface area (Å²) >= 11 is 0. The molecule has 2 rings (SSSR count). The molecule has 1 aromatic heterocycles. The van der Waals surface area contributed by atoms with Crippen LogP contribution in [-0.2, 0) is 35.3 Å². The molecule has 1 aliphatic rings. The molecule has 0 saturated carbocycles. The molecule has 19 heavy (non-hydrogen) atoms. The first kappa shape index (κ1) is 13.9. The van der Waals surface area contributed by atoms with Crippen molar-refractivity contribution in [1.29, 1.82) is 0 Å². The van der Waals surface area contributed by atoms with Crippen molar-refractivity contribution in [2.75, 3.05) is 13.2 Å². The van der Waals surface area contributed by atoms with Crippen molar-refractivity contribution in [3.8, 4) is 0 Å². The number of halogens is 3. The molecule has 0 atom stereocenters. The van der Waals surface area contributed by atoms with Gasteiger partial charge in [-0.2, -0.15) is 18.3 Å². The van der Waals surface area contributed by atoms with E-state index in [0.29, 0.717) is 18.7 Å². The number of nitrogens with zero attached hydrogens (tertiary/aromatic N) is 2. The van der Waals surface area contributed by atoms with Crippen LogP contribution in [0, 0.1) is 0 Å². The lowest BCUT2D eigenvalue weighted by molar-refractivity contribution is -0.142. The number of aromatic nitrogens is 2. The Morgan fingerprint density at radius 1 is 1.53 bits per heavy atom. The van der Waals surface area contributed by atoms with Gasteiger partial charge in [0.25, 0.3) is 0 Å². The molecule has 1 N–H and O–H groups in total. The molecule has 106 valence electrons. The summed E-state index contributed by atoms with van der Waals surface area (Å²) in [5.74, 6) is -0.222. The molecule has 0 saturated heterocycles. The van der Waals surface area contributed by atoms with Gasteiger partial charge < -0.3 is 10.1 Å². The fourth-order valence-corrected chi connectivity index (χ4v) is 2.06. The number of ether oxygens (including phenoxy) is 1. The largest absolute Gasteiger partial charge is 0.435 e. The fourth-order valence-electron chi connectivity index (χ4n) is 2.06. The Morgan fingerprint density at radius 2 is 2.26 bits per heavy atom. The van der Waals surface area contributed by atoms with E-state index in [1.165, 1.54) is 11.6 Å². The third-order valence-electron chi connectivity index (χ3n) is 2.86. The highest BCUT2D eigenvalue weighted by Crippen LogP contribution is 2.34. The van der Waals surface area contributed by atoms with Gasteiger partial charge in [-0.25, -0.2) is 0 Å². The lowest BCUT2D eigenvalue weighted by Crippen LogP contribution is -2.26. The molecule has 0 bridgehead atoms. The van der Waals surface area contributed by atoms with Crippen LogP contribution in [0.15, 0.2) is 0 Å². The molecule has 0 aromatic carbocycles. The molecule has 0 spiro atoms.